The van der Waals surface area contributed by atoms with Crippen LogP contribution in [0, 0.1) is 13.8 Å². The van der Waals surface area contributed by atoms with Crippen molar-refractivity contribution in [1.82, 2.24) is 5.16 Å². The number of carbonyl (C=O) groups excluding carboxylic acids is 1. The van der Waals surface area contributed by atoms with Crippen LogP contribution in [-0.4, -0.2) is 17.1 Å². The number of hydrogen-bond acceptors (Lipinski definition) is 4. The van der Waals surface area contributed by atoms with E-state index in [0.29, 0.717) is 12.3 Å². The van der Waals surface area contributed by atoms with Crippen LogP contribution in [0.4, 0.5) is 5.88 Å². The van der Waals surface area contributed by atoms with Crippen LogP contribution in [-0.2, 0) is 4.79 Å². The molecule has 0 aliphatic heterocycles. The Hall–Kier alpha value is -1.36. The normalized spacial score (nSPS) is 12.5. The average Bonchev–Trinajstić information content (AvgIpc) is 2.49. The van der Waals surface area contributed by atoms with Gasteiger partial charge in [-0.2, -0.15) is 0 Å². The molecule has 5 nitrogen and oxygen atoms in total. The SMILES string of the molecule is CCC(N)CC(=O)Nc1onc(C)c1C. The molecule has 0 fully saturated rings. The summed E-state index contributed by atoms with van der Waals surface area (Å²) in [7, 11) is 0. The molecular weight excluding hydrogens is 194 g/mol. The number of amides is 1. The van der Waals surface area contributed by atoms with Gasteiger partial charge in [-0.25, -0.2) is 0 Å². The van der Waals surface area contributed by atoms with Crippen molar-refractivity contribution in [3.63, 3.8) is 0 Å². The molecule has 0 aliphatic carbocycles. The minimum atomic E-state index is -0.136. The molecule has 1 heterocycles. The molecule has 3 N–H and O–H groups in total. The smallest absolute Gasteiger partial charge is 0.234 e. The first-order valence-electron chi connectivity index (χ1n) is 5.02. The molecule has 1 rings (SSSR count). The zero-order valence-corrected chi connectivity index (χ0v) is 9.33. The maximum atomic E-state index is 11.5. The summed E-state index contributed by atoms with van der Waals surface area (Å²) < 4.78 is 4.96. The highest BCUT2D eigenvalue weighted by atomic mass is 16.5. The number of hydrogen-bond donors (Lipinski definition) is 2. The number of nitrogens with two attached hydrogens (primary N) is 1. The fraction of sp³-hybridized carbons (Fsp3) is 0.600. The highest BCUT2D eigenvalue weighted by Crippen LogP contribution is 2.17. The second kappa shape index (κ2) is 4.93. The minimum absolute atomic E-state index is 0.102. The Morgan fingerprint density at radius 3 is 2.73 bits per heavy atom. The van der Waals surface area contributed by atoms with Gasteiger partial charge in [0.25, 0.3) is 0 Å². The predicted octanol–water partition coefficient (Wildman–Crippen LogP) is 1.36. The van der Waals surface area contributed by atoms with Gasteiger partial charge < -0.3 is 10.3 Å². The first-order chi connectivity index (χ1) is 7.04. The molecule has 1 amide bonds. The van der Waals surface area contributed by atoms with E-state index in [1.165, 1.54) is 0 Å². The largest absolute Gasteiger partial charge is 0.338 e. The molecule has 0 aromatic carbocycles. The summed E-state index contributed by atoms with van der Waals surface area (Å²) in [5.74, 6) is 0.282. The van der Waals surface area contributed by atoms with Crippen LogP contribution in [0.5, 0.6) is 0 Å². The van der Waals surface area contributed by atoms with Crippen molar-refractivity contribution in [3.8, 4) is 0 Å². The summed E-state index contributed by atoms with van der Waals surface area (Å²) in [5.41, 5.74) is 7.30. The quantitative estimate of drug-likeness (QED) is 0.787. The Morgan fingerprint density at radius 2 is 2.27 bits per heavy atom. The number of carbonyl (C=O) groups is 1. The van der Waals surface area contributed by atoms with Gasteiger partial charge >= 0.3 is 0 Å². The van der Waals surface area contributed by atoms with Crippen LogP contribution in [0.25, 0.3) is 0 Å². The van der Waals surface area contributed by atoms with Gasteiger partial charge in [-0.3, -0.25) is 10.1 Å². The molecule has 1 unspecified atom stereocenters. The highest BCUT2D eigenvalue weighted by Gasteiger charge is 2.13. The Kier molecular flexibility index (Phi) is 3.85. The fourth-order valence-corrected chi connectivity index (χ4v) is 1.09. The predicted molar refractivity (Wildman–Crippen MR) is 57.5 cm³/mol. The van der Waals surface area contributed by atoms with Gasteiger partial charge in [0, 0.05) is 18.0 Å². The Balaban J connectivity index is 2.55. The van der Waals surface area contributed by atoms with E-state index in [4.69, 9.17) is 10.3 Å². The molecule has 5 heteroatoms. The number of aromatic nitrogens is 1. The van der Waals surface area contributed by atoms with E-state index in [1.807, 2.05) is 20.8 Å². The van der Waals surface area contributed by atoms with Gasteiger partial charge in [0.2, 0.25) is 11.8 Å². The fourth-order valence-electron chi connectivity index (χ4n) is 1.09. The van der Waals surface area contributed by atoms with Gasteiger partial charge in [0.05, 0.1) is 5.69 Å². The molecule has 15 heavy (non-hydrogen) atoms. The van der Waals surface area contributed by atoms with Crippen molar-refractivity contribution < 1.29 is 9.32 Å². The molecule has 84 valence electrons. The summed E-state index contributed by atoms with van der Waals surface area (Å²) in [6.45, 7) is 5.62. The van der Waals surface area contributed by atoms with E-state index in [9.17, 15) is 4.79 Å². The van der Waals surface area contributed by atoms with E-state index in [2.05, 4.69) is 10.5 Å². The Labute approximate surface area is 89.0 Å². The molecule has 0 saturated carbocycles. The van der Waals surface area contributed by atoms with E-state index in [0.717, 1.165) is 17.7 Å². The molecule has 0 aliphatic rings. The summed E-state index contributed by atoms with van der Waals surface area (Å²) in [6.07, 6.45) is 1.08. The van der Waals surface area contributed by atoms with E-state index in [-0.39, 0.29) is 11.9 Å². The maximum absolute atomic E-state index is 11.5. The summed E-state index contributed by atoms with van der Waals surface area (Å²) in [6, 6.07) is -0.102. The average molecular weight is 211 g/mol. The molecular formula is C10H17N3O2. The van der Waals surface area contributed by atoms with Crippen molar-refractivity contribution in [2.45, 2.75) is 39.7 Å². The number of nitrogens with zero attached hydrogens (tertiary/aromatic N) is 1. The van der Waals surface area contributed by atoms with Crippen molar-refractivity contribution >= 4 is 11.8 Å². The molecule has 0 bridgehead atoms. The number of rotatable bonds is 4. The lowest BCUT2D eigenvalue weighted by molar-refractivity contribution is -0.116. The molecule has 1 aromatic heterocycles. The second-order valence-electron chi connectivity index (χ2n) is 3.64. The first-order valence-corrected chi connectivity index (χ1v) is 5.02. The van der Waals surface area contributed by atoms with E-state index < -0.39 is 0 Å². The third-order valence-electron chi connectivity index (χ3n) is 2.38. The third-order valence-corrected chi connectivity index (χ3v) is 2.38. The second-order valence-corrected chi connectivity index (χ2v) is 3.64. The number of aryl methyl sites for hydroxylation is 1. The van der Waals surface area contributed by atoms with Crippen LogP contribution in [0.2, 0.25) is 0 Å². The van der Waals surface area contributed by atoms with Crippen LogP contribution in [0.15, 0.2) is 4.52 Å². The van der Waals surface area contributed by atoms with Crippen LogP contribution in [0.3, 0.4) is 0 Å². The zero-order chi connectivity index (χ0) is 11.4. The van der Waals surface area contributed by atoms with Crippen LogP contribution < -0.4 is 11.1 Å². The number of nitrogens with one attached hydrogen (secondary N) is 1. The van der Waals surface area contributed by atoms with Crippen molar-refractivity contribution in [1.29, 1.82) is 0 Å². The van der Waals surface area contributed by atoms with Gasteiger partial charge in [-0.15, -0.1) is 0 Å². The third kappa shape index (κ3) is 3.06. The summed E-state index contributed by atoms with van der Waals surface area (Å²) >= 11 is 0. The van der Waals surface area contributed by atoms with Crippen molar-refractivity contribution in [2.75, 3.05) is 5.32 Å². The van der Waals surface area contributed by atoms with Gasteiger partial charge in [0.1, 0.15) is 0 Å². The topological polar surface area (TPSA) is 81.2 Å². The first kappa shape index (κ1) is 11.7. The summed E-state index contributed by atoms with van der Waals surface area (Å²) in [4.78, 5) is 11.5. The Bertz CT molecular complexity index is 346. The van der Waals surface area contributed by atoms with Crippen LogP contribution >= 0.6 is 0 Å². The van der Waals surface area contributed by atoms with E-state index in [1.54, 1.807) is 0 Å². The van der Waals surface area contributed by atoms with Gasteiger partial charge in [-0.1, -0.05) is 12.1 Å². The van der Waals surface area contributed by atoms with Gasteiger partial charge in [-0.05, 0) is 20.3 Å². The lowest BCUT2D eigenvalue weighted by Crippen LogP contribution is -2.26. The molecule has 1 atom stereocenters. The molecule has 0 saturated heterocycles. The molecule has 0 spiro atoms. The lowest BCUT2D eigenvalue weighted by Gasteiger charge is -2.07. The summed E-state index contributed by atoms with van der Waals surface area (Å²) in [5, 5.41) is 6.40. The highest BCUT2D eigenvalue weighted by molar-refractivity contribution is 5.90. The molecule has 0 radical (unpaired) electrons. The van der Waals surface area contributed by atoms with Gasteiger partial charge in [0.15, 0.2) is 0 Å². The standard InChI is InChI=1S/C10H17N3O2/c1-4-8(11)5-9(14)12-10-6(2)7(3)13-15-10/h8H,4-5,11H2,1-3H3,(H,12,14). The lowest BCUT2D eigenvalue weighted by atomic mass is 10.1. The van der Waals surface area contributed by atoms with Crippen molar-refractivity contribution in [2.24, 2.45) is 5.73 Å². The minimum Gasteiger partial charge on any atom is -0.338 e. The zero-order valence-electron chi connectivity index (χ0n) is 9.33. The monoisotopic (exact) mass is 211 g/mol. The molecule has 1 aromatic rings. The number of anilines is 1. The maximum Gasteiger partial charge on any atom is 0.234 e. The van der Waals surface area contributed by atoms with Crippen molar-refractivity contribution in [3.05, 3.63) is 11.3 Å². The van der Waals surface area contributed by atoms with E-state index >= 15 is 0 Å². The van der Waals surface area contributed by atoms with Crippen LogP contribution in [0.1, 0.15) is 31.0 Å². The Morgan fingerprint density at radius 1 is 1.60 bits per heavy atom.